The van der Waals surface area contributed by atoms with Crippen LogP contribution in [0.2, 0.25) is 0 Å². The van der Waals surface area contributed by atoms with E-state index < -0.39 is 6.17 Å². The summed E-state index contributed by atoms with van der Waals surface area (Å²) in [6, 6.07) is 8.83. The topological polar surface area (TPSA) is 58.2 Å². The Hall–Kier alpha value is -2.10. The highest BCUT2D eigenvalue weighted by molar-refractivity contribution is 5.95. The number of benzene rings is 1. The van der Waals surface area contributed by atoms with Crippen molar-refractivity contribution in [3.8, 4) is 0 Å². The summed E-state index contributed by atoms with van der Waals surface area (Å²) in [6.45, 7) is 6.83. The molecule has 4 nitrogen and oxygen atoms in total. The number of amides is 2. The van der Waals surface area contributed by atoms with Crippen molar-refractivity contribution in [2.75, 3.05) is 0 Å². The average molecular weight is 232 g/mol. The first-order chi connectivity index (χ1) is 8.00. The molecule has 0 bridgehead atoms. The van der Waals surface area contributed by atoms with E-state index in [1.54, 1.807) is 38.1 Å². The minimum atomic E-state index is -0.438. The van der Waals surface area contributed by atoms with Gasteiger partial charge < -0.3 is 10.6 Å². The summed E-state index contributed by atoms with van der Waals surface area (Å²) in [5.41, 5.74) is 0.967. The minimum Gasteiger partial charge on any atom is -0.333 e. The van der Waals surface area contributed by atoms with Crippen LogP contribution in [0, 0.1) is 0 Å². The Kier molecular flexibility index (Phi) is 4.46. The van der Waals surface area contributed by atoms with Gasteiger partial charge in [-0.25, -0.2) is 0 Å². The third-order valence-electron chi connectivity index (χ3n) is 2.12. The monoisotopic (exact) mass is 232 g/mol. The molecular weight excluding hydrogens is 216 g/mol. The molecule has 2 N–H and O–H groups in total. The molecule has 1 atom stereocenters. The van der Waals surface area contributed by atoms with Crippen molar-refractivity contribution in [2.45, 2.75) is 20.0 Å². The molecule has 17 heavy (non-hydrogen) atoms. The van der Waals surface area contributed by atoms with Crippen LogP contribution in [0.3, 0.4) is 0 Å². The molecule has 0 heterocycles. The third-order valence-corrected chi connectivity index (χ3v) is 2.12. The molecule has 2 amide bonds. The van der Waals surface area contributed by atoms with Crippen LogP contribution in [0.4, 0.5) is 0 Å². The molecular formula is C13H16N2O2. The Morgan fingerprint density at radius 3 is 2.29 bits per heavy atom. The largest absolute Gasteiger partial charge is 0.333 e. The maximum atomic E-state index is 11.7. The molecule has 4 heteroatoms. The molecule has 1 aromatic rings. The van der Waals surface area contributed by atoms with Crippen molar-refractivity contribution >= 4 is 11.8 Å². The second-order valence-electron chi connectivity index (χ2n) is 3.81. The molecule has 1 rings (SSSR count). The highest BCUT2D eigenvalue weighted by atomic mass is 16.2. The van der Waals surface area contributed by atoms with Crippen molar-refractivity contribution in [1.82, 2.24) is 10.6 Å². The smallest absolute Gasteiger partial charge is 0.252 e. The Balaban J connectivity index is 2.52. The van der Waals surface area contributed by atoms with Gasteiger partial charge in [-0.1, -0.05) is 24.8 Å². The first kappa shape index (κ1) is 13.0. The second kappa shape index (κ2) is 5.84. The molecule has 0 aliphatic rings. The van der Waals surface area contributed by atoms with E-state index in [1.165, 1.54) is 0 Å². The van der Waals surface area contributed by atoms with E-state index in [0.717, 1.165) is 0 Å². The van der Waals surface area contributed by atoms with Gasteiger partial charge in [0.05, 0.1) is 6.17 Å². The molecule has 0 saturated heterocycles. The number of hydrogen-bond acceptors (Lipinski definition) is 2. The predicted molar refractivity (Wildman–Crippen MR) is 66.3 cm³/mol. The van der Waals surface area contributed by atoms with Gasteiger partial charge in [0.15, 0.2) is 0 Å². The SMILES string of the molecule is C=C(C)C(=O)NC(C)NC(=O)c1ccccc1. The van der Waals surface area contributed by atoms with Crippen LogP contribution in [0.1, 0.15) is 24.2 Å². The van der Waals surface area contributed by atoms with Crippen LogP contribution in [0.15, 0.2) is 42.5 Å². The van der Waals surface area contributed by atoms with Gasteiger partial charge in [0.2, 0.25) is 5.91 Å². The van der Waals surface area contributed by atoms with Gasteiger partial charge in [-0.3, -0.25) is 9.59 Å². The third kappa shape index (κ3) is 4.10. The molecule has 0 radical (unpaired) electrons. The van der Waals surface area contributed by atoms with Crippen LogP contribution in [0.5, 0.6) is 0 Å². The van der Waals surface area contributed by atoms with Crippen molar-refractivity contribution in [3.63, 3.8) is 0 Å². The lowest BCUT2D eigenvalue weighted by Crippen LogP contribution is -2.46. The molecule has 1 aromatic carbocycles. The number of carbonyl (C=O) groups excluding carboxylic acids is 2. The first-order valence-electron chi connectivity index (χ1n) is 5.33. The predicted octanol–water partition coefficient (Wildman–Crippen LogP) is 1.45. The first-order valence-corrected chi connectivity index (χ1v) is 5.33. The van der Waals surface area contributed by atoms with Gasteiger partial charge in [-0.15, -0.1) is 0 Å². The summed E-state index contributed by atoms with van der Waals surface area (Å²) in [4.78, 5) is 23.0. The van der Waals surface area contributed by atoms with E-state index in [-0.39, 0.29) is 11.8 Å². The van der Waals surface area contributed by atoms with E-state index >= 15 is 0 Å². The average Bonchev–Trinajstić information content (AvgIpc) is 2.29. The Labute approximate surface area is 101 Å². The summed E-state index contributed by atoms with van der Waals surface area (Å²) < 4.78 is 0. The second-order valence-corrected chi connectivity index (χ2v) is 3.81. The van der Waals surface area contributed by atoms with Crippen molar-refractivity contribution in [3.05, 3.63) is 48.0 Å². The maximum Gasteiger partial charge on any atom is 0.252 e. The summed E-state index contributed by atoms with van der Waals surface area (Å²) in [7, 11) is 0. The van der Waals surface area contributed by atoms with Gasteiger partial charge in [-0.2, -0.15) is 0 Å². The molecule has 1 unspecified atom stereocenters. The maximum absolute atomic E-state index is 11.7. The normalized spacial score (nSPS) is 11.4. The van der Waals surface area contributed by atoms with E-state index in [9.17, 15) is 9.59 Å². The summed E-state index contributed by atoms with van der Waals surface area (Å²) >= 11 is 0. The zero-order chi connectivity index (χ0) is 12.8. The van der Waals surface area contributed by atoms with Gasteiger partial charge in [0, 0.05) is 11.1 Å². The standard InChI is InChI=1S/C13H16N2O2/c1-9(2)12(16)14-10(3)15-13(17)11-7-5-4-6-8-11/h4-8,10H,1H2,2-3H3,(H,14,16)(H,15,17). The Morgan fingerprint density at radius 1 is 1.18 bits per heavy atom. The highest BCUT2D eigenvalue weighted by Gasteiger charge is 2.11. The molecule has 0 aliphatic carbocycles. The molecule has 90 valence electrons. The van der Waals surface area contributed by atoms with Crippen LogP contribution in [-0.2, 0) is 4.79 Å². The quantitative estimate of drug-likeness (QED) is 0.610. The van der Waals surface area contributed by atoms with Crippen LogP contribution >= 0.6 is 0 Å². The number of carbonyl (C=O) groups is 2. The Morgan fingerprint density at radius 2 is 1.76 bits per heavy atom. The van der Waals surface area contributed by atoms with Gasteiger partial charge in [0.1, 0.15) is 0 Å². The summed E-state index contributed by atoms with van der Waals surface area (Å²) in [5, 5.41) is 5.28. The van der Waals surface area contributed by atoms with E-state index in [0.29, 0.717) is 11.1 Å². The molecule has 0 spiro atoms. The van der Waals surface area contributed by atoms with Crippen LogP contribution in [0.25, 0.3) is 0 Å². The zero-order valence-corrected chi connectivity index (χ0v) is 9.99. The van der Waals surface area contributed by atoms with Crippen LogP contribution < -0.4 is 10.6 Å². The van der Waals surface area contributed by atoms with Crippen molar-refractivity contribution in [2.24, 2.45) is 0 Å². The molecule has 0 aromatic heterocycles. The van der Waals surface area contributed by atoms with Crippen molar-refractivity contribution < 1.29 is 9.59 Å². The lowest BCUT2D eigenvalue weighted by Gasteiger charge is -2.15. The fourth-order valence-electron chi connectivity index (χ4n) is 1.23. The number of hydrogen-bond donors (Lipinski definition) is 2. The highest BCUT2D eigenvalue weighted by Crippen LogP contribution is 1.98. The van der Waals surface area contributed by atoms with Crippen molar-refractivity contribution in [1.29, 1.82) is 0 Å². The minimum absolute atomic E-state index is 0.222. The lowest BCUT2D eigenvalue weighted by atomic mass is 10.2. The summed E-state index contributed by atoms with van der Waals surface area (Å²) in [6.07, 6.45) is -0.438. The fraction of sp³-hybridized carbons (Fsp3) is 0.231. The molecule has 0 aliphatic heterocycles. The van der Waals surface area contributed by atoms with E-state index in [2.05, 4.69) is 17.2 Å². The van der Waals surface area contributed by atoms with Gasteiger partial charge >= 0.3 is 0 Å². The van der Waals surface area contributed by atoms with E-state index in [4.69, 9.17) is 0 Å². The number of rotatable bonds is 4. The van der Waals surface area contributed by atoms with Crippen LogP contribution in [-0.4, -0.2) is 18.0 Å². The summed E-state index contributed by atoms with van der Waals surface area (Å²) in [5.74, 6) is -0.494. The van der Waals surface area contributed by atoms with E-state index in [1.807, 2.05) is 6.07 Å². The van der Waals surface area contributed by atoms with Gasteiger partial charge in [-0.05, 0) is 26.0 Å². The fourth-order valence-corrected chi connectivity index (χ4v) is 1.23. The molecule has 0 saturated carbocycles. The Bertz CT molecular complexity index is 426. The van der Waals surface area contributed by atoms with Gasteiger partial charge in [0.25, 0.3) is 5.91 Å². The zero-order valence-electron chi connectivity index (χ0n) is 9.99. The number of nitrogens with one attached hydrogen (secondary N) is 2. The lowest BCUT2D eigenvalue weighted by molar-refractivity contribution is -0.118. The molecule has 0 fully saturated rings.